The second kappa shape index (κ2) is 5.84. The van der Waals surface area contributed by atoms with Crippen LogP contribution in [0, 0.1) is 0 Å². The van der Waals surface area contributed by atoms with Gasteiger partial charge >= 0.3 is 0 Å². The van der Waals surface area contributed by atoms with Crippen LogP contribution in [-0.4, -0.2) is 29.3 Å². The number of carbonyl (C=O) groups excluding carboxylic acids is 1. The number of halogens is 1. The summed E-state index contributed by atoms with van der Waals surface area (Å²) in [5.74, 6) is 0.639. The molecule has 0 saturated carbocycles. The van der Waals surface area contributed by atoms with Crippen LogP contribution in [0.4, 0.5) is 0 Å². The number of benzene rings is 2. The molecule has 0 aromatic heterocycles. The summed E-state index contributed by atoms with van der Waals surface area (Å²) in [4.78, 5) is 14.6. The Balaban J connectivity index is 1.91. The van der Waals surface area contributed by atoms with Gasteiger partial charge in [0.05, 0.1) is 0 Å². The zero-order chi connectivity index (χ0) is 13.9. The summed E-state index contributed by atoms with van der Waals surface area (Å²) < 4.78 is 0. The Labute approximate surface area is 124 Å². The van der Waals surface area contributed by atoms with Gasteiger partial charge in [0.2, 0.25) is 0 Å². The molecule has 3 rings (SSSR count). The van der Waals surface area contributed by atoms with Crippen LogP contribution < -0.4 is 0 Å². The van der Waals surface area contributed by atoms with Crippen molar-refractivity contribution in [1.82, 2.24) is 4.90 Å². The molecule has 1 saturated heterocycles. The number of rotatable bonds is 2. The van der Waals surface area contributed by atoms with Crippen LogP contribution in [0.2, 0.25) is 0 Å². The number of piperidine rings is 1. The number of alkyl halides is 1. The lowest BCUT2D eigenvalue weighted by atomic mass is 10.0. The molecule has 20 heavy (non-hydrogen) atoms. The van der Waals surface area contributed by atoms with E-state index < -0.39 is 0 Å². The fourth-order valence-electron chi connectivity index (χ4n) is 2.92. The summed E-state index contributed by atoms with van der Waals surface area (Å²) in [5.41, 5.74) is 0.765. The van der Waals surface area contributed by atoms with Crippen LogP contribution >= 0.6 is 11.6 Å². The molecule has 1 amide bonds. The minimum absolute atomic E-state index is 0.112. The van der Waals surface area contributed by atoms with E-state index in [2.05, 4.69) is 6.07 Å². The van der Waals surface area contributed by atoms with Gasteiger partial charge in [0.1, 0.15) is 0 Å². The average Bonchev–Trinajstić information content (AvgIpc) is 2.53. The molecule has 2 aromatic rings. The van der Waals surface area contributed by atoms with Gasteiger partial charge in [-0.25, -0.2) is 0 Å². The summed E-state index contributed by atoms with van der Waals surface area (Å²) in [6.07, 6.45) is 3.26. The number of likely N-dealkylation sites (tertiary alicyclic amines) is 1. The Morgan fingerprint density at radius 3 is 2.75 bits per heavy atom. The van der Waals surface area contributed by atoms with Gasteiger partial charge in [0, 0.05) is 24.0 Å². The molecule has 3 heteroatoms. The van der Waals surface area contributed by atoms with E-state index in [0.717, 1.165) is 35.7 Å². The second-order valence-corrected chi connectivity index (χ2v) is 5.67. The molecular weight excluding hydrogens is 270 g/mol. The van der Waals surface area contributed by atoms with Crippen molar-refractivity contribution in [2.45, 2.75) is 25.3 Å². The molecule has 0 radical (unpaired) electrons. The summed E-state index contributed by atoms with van der Waals surface area (Å²) in [6.45, 7) is 0.822. The van der Waals surface area contributed by atoms with Crippen LogP contribution in [-0.2, 0) is 0 Å². The predicted molar refractivity (Wildman–Crippen MR) is 83.3 cm³/mol. The SMILES string of the molecule is O=C(c1ccc2ccccc2c1)N1CCCCC1CCl. The lowest BCUT2D eigenvalue weighted by Crippen LogP contribution is -2.44. The second-order valence-electron chi connectivity index (χ2n) is 5.36. The maximum Gasteiger partial charge on any atom is 0.254 e. The van der Waals surface area contributed by atoms with Gasteiger partial charge in [0.25, 0.3) is 5.91 Å². The molecule has 0 bridgehead atoms. The molecule has 0 aliphatic carbocycles. The van der Waals surface area contributed by atoms with Crippen LogP contribution in [0.15, 0.2) is 42.5 Å². The molecule has 0 N–H and O–H groups in total. The van der Waals surface area contributed by atoms with Crippen LogP contribution in [0.1, 0.15) is 29.6 Å². The van der Waals surface area contributed by atoms with Crippen molar-refractivity contribution in [3.8, 4) is 0 Å². The first kappa shape index (κ1) is 13.4. The number of fused-ring (bicyclic) bond motifs is 1. The topological polar surface area (TPSA) is 20.3 Å². The molecule has 0 spiro atoms. The van der Waals surface area contributed by atoms with Gasteiger partial charge in [-0.3, -0.25) is 4.79 Å². The molecule has 1 atom stereocenters. The highest BCUT2D eigenvalue weighted by molar-refractivity contribution is 6.18. The molecule has 1 unspecified atom stereocenters. The van der Waals surface area contributed by atoms with E-state index in [1.54, 1.807) is 0 Å². The average molecular weight is 288 g/mol. The Hall–Kier alpha value is -1.54. The molecule has 1 heterocycles. The highest BCUT2D eigenvalue weighted by Gasteiger charge is 2.26. The quantitative estimate of drug-likeness (QED) is 0.762. The highest BCUT2D eigenvalue weighted by atomic mass is 35.5. The van der Waals surface area contributed by atoms with E-state index in [1.807, 2.05) is 41.3 Å². The van der Waals surface area contributed by atoms with E-state index in [-0.39, 0.29) is 11.9 Å². The van der Waals surface area contributed by atoms with Crippen LogP contribution in [0.5, 0.6) is 0 Å². The van der Waals surface area contributed by atoms with Crippen molar-refractivity contribution < 1.29 is 4.79 Å². The van der Waals surface area contributed by atoms with E-state index in [9.17, 15) is 4.79 Å². The Kier molecular flexibility index (Phi) is 3.93. The van der Waals surface area contributed by atoms with Gasteiger partial charge in [-0.15, -0.1) is 11.6 Å². The number of hydrogen-bond donors (Lipinski definition) is 0. The van der Waals surface area contributed by atoms with Crippen LogP contribution in [0.25, 0.3) is 10.8 Å². The predicted octanol–water partition coefficient (Wildman–Crippen LogP) is 4.07. The first-order valence-corrected chi connectivity index (χ1v) is 7.69. The minimum Gasteiger partial charge on any atom is -0.334 e. The van der Waals surface area contributed by atoms with Crippen molar-refractivity contribution in [3.63, 3.8) is 0 Å². The number of hydrogen-bond acceptors (Lipinski definition) is 1. The zero-order valence-corrected chi connectivity index (χ0v) is 12.1. The summed E-state index contributed by atoms with van der Waals surface area (Å²) >= 11 is 6.01. The maximum atomic E-state index is 12.7. The van der Waals surface area contributed by atoms with E-state index in [0.29, 0.717) is 5.88 Å². The molecular formula is C17H18ClNO. The summed E-state index contributed by atoms with van der Waals surface area (Å²) in [6, 6.07) is 14.2. The monoisotopic (exact) mass is 287 g/mol. The third kappa shape index (κ3) is 2.53. The first-order valence-electron chi connectivity index (χ1n) is 7.15. The van der Waals surface area contributed by atoms with Gasteiger partial charge in [-0.05, 0) is 42.2 Å². The van der Waals surface area contributed by atoms with Gasteiger partial charge in [0.15, 0.2) is 0 Å². The number of amides is 1. The fraction of sp³-hybridized carbons (Fsp3) is 0.353. The van der Waals surface area contributed by atoms with Crippen molar-refractivity contribution in [3.05, 3.63) is 48.0 Å². The first-order chi connectivity index (χ1) is 9.79. The molecule has 2 aromatic carbocycles. The standard InChI is InChI=1S/C17H18ClNO/c18-12-16-7-3-4-10-19(16)17(20)15-9-8-13-5-1-2-6-14(13)11-15/h1-2,5-6,8-9,11,16H,3-4,7,10,12H2. The summed E-state index contributed by atoms with van der Waals surface area (Å²) in [5, 5.41) is 2.27. The van der Waals surface area contributed by atoms with Crippen LogP contribution in [0.3, 0.4) is 0 Å². The van der Waals surface area contributed by atoms with Crippen molar-refractivity contribution in [1.29, 1.82) is 0 Å². The molecule has 1 aliphatic heterocycles. The van der Waals surface area contributed by atoms with Gasteiger partial charge < -0.3 is 4.90 Å². The lowest BCUT2D eigenvalue weighted by molar-refractivity contribution is 0.0639. The lowest BCUT2D eigenvalue weighted by Gasteiger charge is -2.34. The third-order valence-corrected chi connectivity index (χ3v) is 4.42. The minimum atomic E-state index is 0.112. The van der Waals surface area contributed by atoms with Gasteiger partial charge in [-0.1, -0.05) is 30.3 Å². The Morgan fingerprint density at radius 1 is 1.15 bits per heavy atom. The smallest absolute Gasteiger partial charge is 0.254 e. The van der Waals surface area contributed by atoms with E-state index in [1.165, 1.54) is 6.42 Å². The van der Waals surface area contributed by atoms with Crippen molar-refractivity contribution >= 4 is 28.3 Å². The third-order valence-electron chi connectivity index (χ3n) is 4.06. The number of nitrogens with zero attached hydrogens (tertiary/aromatic N) is 1. The van der Waals surface area contributed by atoms with E-state index in [4.69, 9.17) is 11.6 Å². The highest BCUT2D eigenvalue weighted by Crippen LogP contribution is 2.22. The molecule has 104 valence electrons. The van der Waals surface area contributed by atoms with Crippen molar-refractivity contribution in [2.24, 2.45) is 0 Å². The van der Waals surface area contributed by atoms with Crippen molar-refractivity contribution in [2.75, 3.05) is 12.4 Å². The normalized spacial score (nSPS) is 19.2. The number of carbonyl (C=O) groups is 1. The largest absolute Gasteiger partial charge is 0.334 e. The molecule has 1 aliphatic rings. The molecule has 1 fully saturated rings. The maximum absolute atomic E-state index is 12.7. The van der Waals surface area contributed by atoms with Gasteiger partial charge in [-0.2, -0.15) is 0 Å². The zero-order valence-electron chi connectivity index (χ0n) is 11.4. The molecule has 2 nitrogen and oxygen atoms in total. The van der Waals surface area contributed by atoms with E-state index >= 15 is 0 Å². The Morgan fingerprint density at radius 2 is 1.95 bits per heavy atom. The Bertz CT molecular complexity index is 625. The summed E-state index contributed by atoms with van der Waals surface area (Å²) in [7, 11) is 0. The fourth-order valence-corrected chi connectivity index (χ4v) is 3.24.